The molecule has 0 fully saturated rings. The zero-order valence-corrected chi connectivity index (χ0v) is 8.98. The van der Waals surface area contributed by atoms with Crippen molar-refractivity contribution in [1.29, 1.82) is 0 Å². The lowest BCUT2D eigenvalue weighted by molar-refractivity contribution is 0.750. The Kier molecular flexibility index (Phi) is 2.60. The van der Waals surface area contributed by atoms with Crippen molar-refractivity contribution >= 4 is 15.9 Å². The molecular weight excluding hydrogens is 244 g/mol. The molecule has 5 heteroatoms. The summed E-state index contributed by atoms with van der Waals surface area (Å²) in [5.41, 5.74) is 7.55. The summed E-state index contributed by atoms with van der Waals surface area (Å²) in [5.74, 6) is 0. The van der Waals surface area contributed by atoms with Gasteiger partial charge < -0.3 is 5.73 Å². The van der Waals surface area contributed by atoms with Crippen molar-refractivity contribution in [2.24, 2.45) is 5.73 Å². The van der Waals surface area contributed by atoms with Crippen LogP contribution in [0.4, 0.5) is 0 Å². The molecule has 2 rings (SSSR count). The summed E-state index contributed by atoms with van der Waals surface area (Å²) in [5, 5.41) is 8.08. The molecule has 0 saturated carbocycles. The first-order valence-electron chi connectivity index (χ1n) is 4.16. The third-order valence-electron chi connectivity index (χ3n) is 1.90. The predicted molar refractivity (Wildman–Crippen MR) is 57.0 cm³/mol. The summed E-state index contributed by atoms with van der Waals surface area (Å²) >= 11 is 3.42. The van der Waals surface area contributed by atoms with Crippen LogP contribution in [-0.2, 0) is 6.54 Å². The largest absolute Gasteiger partial charge is 0.326 e. The molecule has 1 aromatic heterocycles. The number of hydrogen-bond acceptors (Lipinski definition) is 3. The third-order valence-corrected chi connectivity index (χ3v) is 2.67. The Bertz CT molecular complexity index is 424. The maximum Gasteiger partial charge on any atom is 0.0860 e. The molecule has 0 bridgehead atoms. The summed E-state index contributed by atoms with van der Waals surface area (Å²) in [6.07, 6.45) is 3.29. The van der Waals surface area contributed by atoms with Crippen LogP contribution in [0, 0.1) is 0 Å². The van der Waals surface area contributed by atoms with Gasteiger partial charge in [0, 0.05) is 11.0 Å². The van der Waals surface area contributed by atoms with Crippen molar-refractivity contribution in [2.45, 2.75) is 6.54 Å². The Balaban J connectivity index is 2.46. The number of nitrogens with zero attached hydrogens (tertiary/aromatic N) is 3. The lowest BCUT2D eigenvalue weighted by Crippen LogP contribution is -2.02. The Morgan fingerprint density at radius 1 is 1.29 bits per heavy atom. The van der Waals surface area contributed by atoms with Gasteiger partial charge in [0.05, 0.1) is 18.1 Å². The van der Waals surface area contributed by atoms with Gasteiger partial charge >= 0.3 is 0 Å². The first-order valence-corrected chi connectivity index (χ1v) is 4.96. The Morgan fingerprint density at radius 3 is 2.64 bits per heavy atom. The fraction of sp³-hybridized carbons (Fsp3) is 0.111. The maximum atomic E-state index is 5.59. The number of rotatable bonds is 2. The minimum atomic E-state index is 0.496. The van der Waals surface area contributed by atoms with Crippen LogP contribution >= 0.6 is 15.9 Å². The van der Waals surface area contributed by atoms with Crippen LogP contribution in [0.25, 0.3) is 5.69 Å². The quantitative estimate of drug-likeness (QED) is 0.882. The molecule has 0 unspecified atom stereocenters. The van der Waals surface area contributed by atoms with Gasteiger partial charge in [0.1, 0.15) is 0 Å². The Hall–Kier alpha value is -1.20. The van der Waals surface area contributed by atoms with Crippen molar-refractivity contribution in [1.82, 2.24) is 15.0 Å². The number of benzene rings is 1. The minimum absolute atomic E-state index is 0.496. The number of hydrogen-bond donors (Lipinski definition) is 1. The van der Waals surface area contributed by atoms with Gasteiger partial charge in [0.2, 0.25) is 0 Å². The van der Waals surface area contributed by atoms with Gasteiger partial charge in [-0.3, -0.25) is 0 Å². The standard InChI is InChI=1S/C9H9BrN4/c10-9-2-1-8(5-7(9)6-11)14-12-3-4-13-14/h1-5H,6,11H2. The smallest absolute Gasteiger partial charge is 0.0860 e. The zero-order valence-electron chi connectivity index (χ0n) is 7.39. The van der Waals surface area contributed by atoms with Gasteiger partial charge in [-0.2, -0.15) is 15.0 Å². The van der Waals surface area contributed by atoms with E-state index in [4.69, 9.17) is 5.73 Å². The van der Waals surface area contributed by atoms with E-state index in [0.717, 1.165) is 15.7 Å². The molecule has 2 aromatic rings. The lowest BCUT2D eigenvalue weighted by Gasteiger charge is -2.04. The topological polar surface area (TPSA) is 56.7 Å². The molecule has 1 heterocycles. The molecule has 0 atom stereocenters. The van der Waals surface area contributed by atoms with Crippen molar-refractivity contribution < 1.29 is 0 Å². The Labute approximate surface area is 89.9 Å². The van der Waals surface area contributed by atoms with E-state index in [0.29, 0.717) is 6.54 Å². The highest BCUT2D eigenvalue weighted by Gasteiger charge is 2.02. The van der Waals surface area contributed by atoms with Gasteiger partial charge in [0.15, 0.2) is 0 Å². The first kappa shape index (κ1) is 9.36. The second kappa shape index (κ2) is 3.89. The van der Waals surface area contributed by atoms with E-state index < -0.39 is 0 Å². The van der Waals surface area contributed by atoms with E-state index >= 15 is 0 Å². The first-order chi connectivity index (χ1) is 6.81. The summed E-state index contributed by atoms with van der Waals surface area (Å²) in [4.78, 5) is 1.56. The Morgan fingerprint density at radius 2 is 2.00 bits per heavy atom. The van der Waals surface area contributed by atoms with Crippen LogP contribution in [0.2, 0.25) is 0 Å². The molecule has 0 saturated heterocycles. The maximum absolute atomic E-state index is 5.59. The summed E-state index contributed by atoms with van der Waals surface area (Å²) in [7, 11) is 0. The zero-order chi connectivity index (χ0) is 9.97. The van der Waals surface area contributed by atoms with Crippen molar-refractivity contribution in [3.63, 3.8) is 0 Å². The normalized spacial score (nSPS) is 10.4. The molecule has 0 aliphatic heterocycles. The molecule has 72 valence electrons. The van der Waals surface area contributed by atoms with Crippen molar-refractivity contribution in [3.8, 4) is 5.69 Å². The van der Waals surface area contributed by atoms with Gasteiger partial charge in [-0.25, -0.2) is 0 Å². The average molecular weight is 253 g/mol. The summed E-state index contributed by atoms with van der Waals surface area (Å²) in [6.45, 7) is 0.496. The van der Waals surface area contributed by atoms with E-state index in [1.165, 1.54) is 0 Å². The highest BCUT2D eigenvalue weighted by molar-refractivity contribution is 9.10. The highest BCUT2D eigenvalue weighted by Crippen LogP contribution is 2.19. The van der Waals surface area contributed by atoms with E-state index in [2.05, 4.69) is 26.1 Å². The van der Waals surface area contributed by atoms with Gasteiger partial charge in [-0.05, 0) is 23.8 Å². The SMILES string of the molecule is NCc1cc(-n2nccn2)ccc1Br. The van der Waals surface area contributed by atoms with E-state index in [-0.39, 0.29) is 0 Å². The van der Waals surface area contributed by atoms with Gasteiger partial charge in [0.25, 0.3) is 0 Å². The second-order valence-corrected chi connectivity index (χ2v) is 3.65. The van der Waals surface area contributed by atoms with Gasteiger partial charge in [-0.15, -0.1) is 0 Å². The molecule has 1 aromatic carbocycles. The van der Waals surface area contributed by atoms with E-state index in [1.54, 1.807) is 17.2 Å². The number of halogens is 1. The molecule has 4 nitrogen and oxygen atoms in total. The van der Waals surface area contributed by atoms with Crippen LogP contribution < -0.4 is 5.73 Å². The van der Waals surface area contributed by atoms with Crippen LogP contribution in [0.5, 0.6) is 0 Å². The number of nitrogens with two attached hydrogens (primary N) is 1. The fourth-order valence-corrected chi connectivity index (χ4v) is 1.60. The minimum Gasteiger partial charge on any atom is -0.326 e. The van der Waals surface area contributed by atoms with Crippen LogP contribution in [0.15, 0.2) is 35.1 Å². The molecule has 0 amide bonds. The molecule has 14 heavy (non-hydrogen) atoms. The predicted octanol–water partition coefficient (Wildman–Crippen LogP) is 1.49. The van der Waals surface area contributed by atoms with Crippen molar-refractivity contribution in [3.05, 3.63) is 40.6 Å². The van der Waals surface area contributed by atoms with E-state index in [9.17, 15) is 0 Å². The second-order valence-electron chi connectivity index (χ2n) is 2.80. The van der Waals surface area contributed by atoms with Crippen LogP contribution in [-0.4, -0.2) is 15.0 Å². The summed E-state index contributed by atoms with van der Waals surface area (Å²) in [6, 6.07) is 5.84. The average Bonchev–Trinajstić information content (AvgIpc) is 2.71. The molecule has 0 aliphatic rings. The van der Waals surface area contributed by atoms with Crippen LogP contribution in [0.1, 0.15) is 5.56 Å². The fourth-order valence-electron chi connectivity index (χ4n) is 1.19. The van der Waals surface area contributed by atoms with Gasteiger partial charge in [-0.1, -0.05) is 15.9 Å². The van der Waals surface area contributed by atoms with Crippen LogP contribution in [0.3, 0.4) is 0 Å². The third kappa shape index (κ3) is 1.69. The molecule has 0 aliphatic carbocycles. The monoisotopic (exact) mass is 252 g/mol. The highest BCUT2D eigenvalue weighted by atomic mass is 79.9. The number of aromatic nitrogens is 3. The van der Waals surface area contributed by atoms with E-state index in [1.807, 2.05) is 18.2 Å². The lowest BCUT2D eigenvalue weighted by atomic mass is 10.2. The van der Waals surface area contributed by atoms with Crippen molar-refractivity contribution in [2.75, 3.05) is 0 Å². The molecular formula is C9H9BrN4. The summed E-state index contributed by atoms with van der Waals surface area (Å²) < 4.78 is 1.01. The molecule has 0 spiro atoms. The molecule has 2 N–H and O–H groups in total. The molecule has 0 radical (unpaired) electrons.